The molecule has 248 valence electrons. The minimum Gasteiger partial charge on any atom is -0.234 e. The van der Waals surface area contributed by atoms with E-state index < -0.39 is 0 Å². The molecular weight excluding hydrogens is 508 g/mol. The average molecular weight is 588 g/mol. The standard InChI is InChI=1S/C40H79N2/c1-4-7-10-13-15-17-19-20-21-22-24-26-28-31-34-37-42-39-38-41(36-33-30-12-9-6-3)40(42)35-32-29-27-25-23-18-16-14-11-8-5-2/h38-39H,4-37H2,1-3H3/q+1. The van der Waals surface area contributed by atoms with E-state index in [4.69, 9.17) is 0 Å². The Bertz CT molecular complexity index is 648. The zero-order valence-electron chi connectivity index (χ0n) is 29.6. The third kappa shape index (κ3) is 23.6. The second kappa shape index (κ2) is 31.6. The monoisotopic (exact) mass is 588 g/mol. The maximum absolute atomic E-state index is 2.63. The second-order valence-electron chi connectivity index (χ2n) is 13.8. The van der Waals surface area contributed by atoms with Crippen molar-refractivity contribution in [3.63, 3.8) is 0 Å². The van der Waals surface area contributed by atoms with Crippen LogP contribution in [0.4, 0.5) is 0 Å². The molecule has 0 atom stereocenters. The van der Waals surface area contributed by atoms with Crippen LogP contribution in [0, 0.1) is 0 Å². The maximum Gasteiger partial charge on any atom is 0.256 e. The van der Waals surface area contributed by atoms with E-state index >= 15 is 0 Å². The van der Waals surface area contributed by atoms with E-state index in [9.17, 15) is 0 Å². The van der Waals surface area contributed by atoms with Crippen molar-refractivity contribution in [2.75, 3.05) is 0 Å². The summed E-state index contributed by atoms with van der Waals surface area (Å²) in [5.41, 5.74) is 0. The highest BCUT2D eigenvalue weighted by molar-refractivity contribution is 4.84. The summed E-state index contributed by atoms with van der Waals surface area (Å²) in [6.45, 7) is 9.40. The van der Waals surface area contributed by atoms with Crippen LogP contribution >= 0.6 is 0 Å². The number of aromatic nitrogens is 2. The van der Waals surface area contributed by atoms with E-state index in [0.29, 0.717) is 0 Å². The number of unbranched alkanes of at least 4 members (excludes halogenated alkanes) is 28. The highest BCUT2D eigenvalue weighted by Crippen LogP contribution is 2.15. The van der Waals surface area contributed by atoms with Crippen molar-refractivity contribution in [3.05, 3.63) is 18.2 Å². The van der Waals surface area contributed by atoms with Gasteiger partial charge in [-0.05, 0) is 32.1 Å². The van der Waals surface area contributed by atoms with Crippen LogP contribution in [0.25, 0.3) is 0 Å². The van der Waals surface area contributed by atoms with E-state index in [2.05, 4.69) is 42.3 Å². The molecule has 1 rings (SSSR count). The maximum atomic E-state index is 2.63. The Kier molecular flexibility index (Phi) is 29.5. The topological polar surface area (TPSA) is 8.81 Å². The predicted molar refractivity (Wildman–Crippen MR) is 188 cm³/mol. The molecular formula is C40H79N2+. The zero-order chi connectivity index (χ0) is 30.2. The number of nitrogens with zero attached hydrogens (tertiary/aromatic N) is 2. The molecule has 2 nitrogen and oxygen atoms in total. The zero-order valence-corrected chi connectivity index (χ0v) is 29.6. The normalized spacial score (nSPS) is 11.6. The van der Waals surface area contributed by atoms with Crippen molar-refractivity contribution < 1.29 is 4.57 Å². The molecule has 0 bridgehead atoms. The molecule has 0 saturated heterocycles. The molecule has 0 saturated carbocycles. The minimum atomic E-state index is 1.23. The Morgan fingerprint density at radius 1 is 0.405 bits per heavy atom. The molecule has 42 heavy (non-hydrogen) atoms. The molecule has 2 heteroatoms. The molecule has 1 aromatic heterocycles. The molecule has 0 aromatic carbocycles. The van der Waals surface area contributed by atoms with E-state index in [1.54, 1.807) is 5.82 Å². The summed E-state index contributed by atoms with van der Waals surface area (Å²) in [5, 5.41) is 0. The lowest BCUT2D eigenvalue weighted by molar-refractivity contribution is -0.704. The first-order valence-corrected chi connectivity index (χ1v) is 19.9. The summed E-state index contributed by atoms with van der Waals surface area (Å²) >= 11 is 0. The van der Waals surface area contributed by atoms with Crippen LogP contribution in [0.1, 0.15) is 226 Å². The fourth-order valence-electron chi connectivity index (χ4n) is 6.68. The van der Waals surface area contributed by atoms with Gasteiger partial charge in [0.25, 0.3) is 5.82 Å². The van der Waals surface area contributed by atoms with E-state index in [0.717, 1.165) is 0 Å². The van der Waals surface area contributed by atoms with Crippen LogP contribution in [0.5, 0.6) is 0 Å². The fourth-order valence-corrected chi connectivity index (χ4v) is 6.68. The van der Waals surface area contributed by atoms with Crippen LogP contribution < -0.4 is 4.57 Å². The van der Waals surface area contributed by atoms with Crippen LogP contribution in [0.15, 0.2) is 12.4 Å². The van der Waals surface area contributed by atoms with Crippen LogP contribution in [-0.2, 0) is 19.5 Å². The molecule has 0 aliphatic heterocycles. The van der Waals surface area contributed by atoms with Crippen molar-refractivity contribution in [1.29, 1.82) is 0 Å². The van der Waals surface area contributed by atoms with Crippen LogP contribution in [0.2, 0.25) is 0 Å². The second-order valence-corrected chi connectivity index (χ2v) is 13.8. The van der Waals surface area contributed by atoms with E-state index in [-0.39, 0.29) is 0 Å². The number of hydrogen-bond acceptors (Lipinski definition) is 0. The van der Waals surface area contributed by atoms with Crippen molar-refractivity contribution in [3.8, 4) is 0 Å². The molecule has 0 spiro atoms. The van der Waals surface area contributed by atoms with Gasteiger partial charge in [0.1, 0.15) is 12.4 Å². The van der Waals surface area contributed by atoms with Gasteiger partial charge in [-0.3, -0.25) is 0 Å². The van der Waals surface area contributed by atoms with Gasteiger partial charge in [0.05, 0.1) is 13.1 Å². The summed E-state index contributed by atoms with van der Waals surface area (Å²) in [6.07, 6.45) is 50.4. The summed E-state index contributed by atoms with van der Waals surface area (Å²) in [5.74, 6) is 1.62. The first-order chi connectivity index (χ1) is 20.8. The van der Waals surface area contributed by atoms with Crippen LogP contribution in [-0.4, -0.2) is 4.57 Å². The molecule has 0 fully saturated rings. The molecule has 0 aliphatic rings. The third-order valence-electron chi connectivity index (χ3n) is 9.60. The quantitative estimate of drug-likeness (QED) is 0.0560. The van der Waals surface area contributed by atoms with Gasteiger partial charge in [0, 0.05) is 6.42 Å². The minimum absolute atomic E-state index is 1.23. The summed E-state index contributed by atoms with van der Waals surface area (Å²) in [4.78, 5) is 0. The number of hydrogen-bond donors (Lipinski definition) is 0. The van der Waals surface area contributed by atoms with Gasteiger partial charge in [0.2, 0.25) is 0 Å². The summed E-state index contributed by atoms with van der Waals surface area (Å²) in [6, 6.07) is 0. The van der Waals surface area contributed by atoms with Crippen molar-refractivity contribution in [2.24, 2.45) is 0 Å². The number of rotatable bonds is 34. The van der Waals surface area contributed by atoms with E-state index in [1.807, 2.05) is 0 Å². The van der Waals surface area contributed by atoms with Gasteiger partial charge >= 0.3 is 0 Å². The highest BCUT2D eigenvalue weighted by atomic mass is 15.1. The van der Waals surface area contributed by atoms with Gasteiger partial charge < -0.3 is 0 Å². The molecule has 1 heterocycles. The first-order valence-electron chi connectivity index (χ1n) is 19.9. The van der Waals surface area contributed by atoms with Crippen molar-refractivity contribution in [2.45, 2.75) is 239 Å². The predicted octanol–water partition coefficient (Wildman–Crippen LogP) is 13.5. The van der Waals surface area contributed by atoms with Gasteiger partial charge in [0.15, 0.2) is 0 Å². The molecule has 0 radical (unpaired) electrons. The Morgan fingerprint density at radius 2 is 0.738 bits per heavy atom. The van der Waals surface area contributed by atoms with Gasteiger partial charge in [-0.15, -0.1) is 0 Å². The lowest BCUT2D eigenvalue weighted by Crippen LogP contribution is -2.37. The molecule has 0 N–H and O–H groups in total. The largest absolute Gasteiger partial charge is 0.256 e. The van der Waals surface area contributed by atoms with Gasteiger partial charge in [-0.2, -0.15) is 0 Å². The van der Waals surface area contributed by atoms with Gasteiger partial charge in [-0.25, -0.2) is 9.13 Å². The number of imidazole rings is 1. The molecule has 0 unspecified atom stereocenters. The Balaban J connectivity index is 2.20. The Morgan fingerprint density at radius 3 is 1.14 bits per heavy atom. The number of aryl methyl sites for hydroxylation is 2. The van der Waals surface area contributed by atoms with Crippen molar-refractivity contribution >= 4 is 0 Å². The first kappa shape index (κ1) is 39.2. The smallest absolute Gasteiger partial charge is 0.234 e. The Hall–Kier alpha value is -0.790. The molecule has 0 amide bonds. The summed E-state index contributed by atoms with van der Waals surface area (Å²) < 4.78 is 5.25. The Labute approximate surface area is 266 Å². The molecule has 1 aromatic rings. The van der Waals surface area contributed by atoms with Gasteiger partial charge in [-0.1, -0.05) is 188 Å². The third-order valence-corrected chi connectivity index (χ3v) is 9.60. The fraction of sp³-hybridized carbons (Fsp3) is 0.925. The highest BCUT2D eigenvalue weighted by Gasteiger charge is 2.16. The average Bonchev–Trinajstić information content (AvgIpc) is 3.38. The lowest BCUT2D eigenvalue weighted by atomic mass is 10.0. The van der Waals surface area contributed by atoms with Crippen molar-refractivity contribution in [1.82, 2.24) is 4.57 Å². The molecule has 0 aliphatic carbocycles. The summed E-state index contributed by atoms with van der Waals surface area (Å²) in [7, 11) is 0. The SMILES string of the molecule is CCCCCCCCCCCCCCCCCn1cc[n+](CCCCCCC)c1CCCCCCCCCCCCC. The van der Waals surface area contributed by atoms with Crippen LogP contribution in [0.3, 0.4) is 0 Å². The van der Waals surface area contributed by atoms with E-state index in [1.165, 1.54) is 219 Å². The lowest BCUT2D eigenvalue weighted by Gasteiger charge is -2.07.